The molecule has 7 atom stereocenters. The summed E-state index contributed by atoms with van der Waals surface area (Å²) in [7, 11) is 0. The van der Waals surface area contributed by atoms with Crippen molar-refractivity contribution in [2.75, 3.05) is 0 Å². The Bertz CT molecular complexity index is 1230. The van der Waals surface area contributed by atoms with Crippen LogP contribution in [0.5, 0.6) is 5.75 Å². The maximum atomic E-state index is 13.5. The summed E-state index contributed by atoms with van der Waals surface area (Å²) in [5, 5.41) is 64.1. The van der Waals surface area contributed by atoms with Gasteiger partial charge in [-0.2, -0.15) is 0 Å². The van der Waals surface area contributed by atoms with Gasteiger partial charge in [-0.05, 0) is 26.0 Å². The first kappa shape index (κ1) is 24.0. The predicted molar refractivity (Wildman–Crippen MR) is 118 cm³/mol. The van der Waals surface area contributed by atoms with E-state index in [1.54, 1.807) is 6.92 Å². The minimum atomic E-state index is -2.75. The first-order valence-corrected chi connectivity index (χ1v) is 11.3. The number of allylic oxidation sites excluding steroid dienone is 2. The van der Waals surface area contributed by atoms with E-state index in [-0.39, 0.29) is 28.7 Å². The van der Waals surface area contributed by atoms with E-state index in [9.17, 15) is 45.0 Å². The third kappa shape index (κ3) is 3.15. The minimum Gasteiger partial charge on any atom is -0.507 e. The average molecular weight is 486 g/mol. The van der Waals surface area contributed by atoms with Crippen molar-refractivity contribution < 1.29 is 49.8 Å². The number of carbonyl (C=O) groups excluding carboxylic acids is 3. The molecular weight excluding hydrogens is 460 g/mol. The van der Waals surface area contributed by atoms with Crippen LogP contribution in [-0.2, 0) is 9.53 Å². The second-order valence-electron chi connectivity index (χ2n) is 10.2. The molecule has 1 aromatic carbocycles. The van der Waals surface area contributed by atoms with E-state index in [0.29, 0.717) is 0 Å². The Kier molecular flexibility index (Phi) is 5.06. The number of benzene rings is 1. The molecule has 35 heavy (non-hydrogen) atoms. The van der Waals surface area contributed by atoms with Crippen LogP contribution in [-0.4, -0.2) is 83.1 Å². The third-order valence-corrected chi connectivity index (χ3v) is 7.59. The molecule has 4 aliphatic rings. The molecule has 6 N–H and O–H groups in total. The number of carbonyl (C=O) groups is 3. The lowest BCUT2D eigenvalue weighted by Crippen LogP contribution is -2.69. The summed E-state index contributed by atoms with van der Waals surface area (Å²) in [6.07, 6.45) is -2.78. The number of aliphatic hydroxyl groups excluding tert-OH is 2. The van der Waals surface area contributed by atoms with Crippen LogP contribution >= 0.6 is 0 Å². The molecule has 1 saturated heterocycles. The van der Waals surface area contributed by atoms with Crippen LogP contribution in [0.3, 0.4) is 0 Å². The number of phenolic OH excluding ortho intramolecular Hbond substituents is 1. The lowest BCUT2D eigenvalue weighted by Gasteiger charge is -2.51. The van der Waals surface area contributed by atoms with Crippen LogP contribution in [0.15, 0.2) is 35.4 Å². The Morgan fingerprint density at radius 1 is 1.06 bits per heavy atom. The molecule has 0 aromatic heterocycles. The van der Waals surface area contributed by atoms with Crippen LogP contribution < -0.4 is 0 Å². The largest absolute Gasteiger partial charge is 0.507 e. The molecule has 0 spiro atoms. The average Bonchev–Trinajstić information content (AvgIpc) is 2.75. The Labute approximate surface area is 199 Å². The Morgan fingerprint density at radius 2 is 1.74 bits per heavy atom. The molecule has 1 heterocycles. The number of ether oxygens (including phenoxy) is 1. The number of phenols is 1. The summed E-state index contributed by atoms with van der Waals surface area (Å²) in [6, 6.07) is 2.60. The van der Waals surface area contributed by atoms with Crippen LogP contribution in [0, 0.1) is 0 Å². The fourth-order valence-electron chi connectivity index (χ4n) is 5.82. The lowest BCUT2D eigenvalue weighted by molar-refractivity contribution is -0.183. The van der Waals surface area contributed by atoms with Crippen LogP contribution in [0.2, 0.25) is 0 Å². The molecule has 10 nitrogen and oxygen atoms in total. The van der Waals surface area contributed by atoms with Crippen molar-refractivity contribution in [2.45, 2.75) is 74.3 Å². The standard InChI is InChI=1S/C25H26O10/c1-10-19(28)14(26)7-15(35-10)11-3-4-12-17(20(11)29)21(30)13-5-6-24(33)9-23(2,32)8-16(27)25(24,34)18(13)22(12)31/h3-6,10,14-15,19,26,28-29,32-34H,7-9H2,1-2H3/t10-,14-,15+,19-,23+,24+,25+/m1/s1. The molecule has 1 aromatic rings. The number of rotatable bonds is 1. The zero-order valence-electron chi connectivity index (χ0n) is 19.1. The van der Waals surface area contributed by atoms with E-state index >= 15 is 0 Å². The molecule has 10 heteroatoms. The van der Waals surface area contributed by atoms with Gasteiger partial charge in [0, 0.05) is 36.0 Å². The van der Waals surface area contributed by atoms with E-state index in [4.69, 9.17) is 4.74 Å². The first-order valence-electron chi connectivity index (χ1n) is 11.3. The molecular formula is C25H26O10. The lowest BCUT2D eigenvalue weighted by atomic mass is 9.57. The van der Waals surface area contributed by atoms with Crippen molar-refractivity contribution in [1.29, 1.82) is 0 Å². The number of aliphatic hydroxyl groups is 5. The van der Waals surface area contributed by atoms with Crippen molar-refractivity contribution >= 4 is 17.3 Å². The van der Waals surface area contributed by atoms with Crippen molar-refractivity contribution in [3.05, 3.63) is 52.1 Å². The van der Waals surface area contributed by atoms with Gasteiger partial charge in [0.25, 0.3) is 0 Å². The number of Topliss-reactive ketones (excluding diaryl/α,β-unsaturated/α-hetero) is 3. The molecule has 0 amide bonds. The highest BCUT2D eigenvalue weighted by Gasteiger charge is 2.66. The second kappa shape index (κ2) is 7.39. The first-order chi connectivity index (χ1) is 16.2. The van der Waals surface area contributed by atoms with E-state index in [1.807, 2.05) is 0 Å². The Balaban J connectivity index is 1.62. The SMILES string of the molecule is C[C@H]1O[C@H](c2ccc3c(c2O)C(=O)C2=C(C3=O)[C@@]3(O)C(=O)C[C@](C)(O)C[C@@]3(O)C=C2)C[C@@H](O)[C@@H]1O. The zero-order chi connectivity index (χ0) is 25.7. The summed E-state index contributed by atoms with van der Waals surface area (Å²) in [4.78, 5) is 40.0. The van der Waals surface area contributed by atoms with Gasteiger partial charge >= 0.3 is 0 Å². The van der Waals surface area contributed by atoms with Gasteiger partial charge in [-0.25, -0.2) is 0 Å². The van der Waals surface area contributed by atoms with Crippen molar-refractivity contribution in [1.82, 2.24) is 0 Å². The summed E-state index contributed by atoms with van der Waals surface area (Å²) >= 11 is 0. The zero-order valence-corrected chi connectivity index (χ0v) is 19.1. The maximum absolute atomic E-state index is 13.5. The number of fused-ring (bicyclic) bond motifs is 3. The fourth-order valence-corrected chi connectivity index (χ4v) is 5.82. The van der Waals surface area contributed by atoms with E-state index in [2.05, 4.69) is 0 Å². The number of hydrogen-bond donors (Lipinski definition) is 6. The van der Waals surface area contributed by atoms with Crippen LogP contribution in [0.25, 0.3) is 0 Å². The third-order valence-electron chi connectivity index (χ3n) is 7.59. The molecule has 186 valence electrons. The van der Waals surface area contributed by atoms with Crippen LogP contribution in [0.4, 0.5) is 0 Å². The summed E-state index contributed by atoms with van der Waals surface area (Å²) in [5.74, 6) is -3.30. The molecule has 1 aliphatic heterocycles. The fraction of sp³-hybridized carbons (Fsp3) is 0.480. The molecule has 5 rings (SSSR count). The van der Waals surface area contributed by atoms with Crippen LogP contribution in [0.1, 0.15) is 65.5 Å². The summed E-state index contributed by atoms with van der Waals surface area (Å²) < 4.78 is 5.70. The van der Waals surface area contributed by atoms with E-state index in [0.717, 1.165) is 12.2 Å². The monoisotopic (exact) mass is 486 g/mol. The minimum absolute atomic E-state index is 0.0605. The molecule has 0 radical (unpaired) electrons. The normalized spacial score (nSPS) is 40.9. The molecule has 1 saturated carbocycles. The van der Waals surface area contributed by atoms with Gasteiger partial charge in [-0.15, -0.1) is 0 Å². The molecule has 0 unspecified atom stereocenters. The Morgan fingerprint density at radius 3 is 2.40 bits per heavy atom. The quantitative estimate of drug-likeness (QED) is 0.311. The van der Waals surface area contributed by atoms with Gasteiger partial charge in [0.2, 0.25) is 0 Å². The van der Waals surface area contributed by atoms with E-state index in [1.165, 1.54) is 19.1 Å². The smallest absolute Gasteiger partial charge is 0.198 e. The molecule has 2 fully saturated rings. The summed E-state index contributed by atoms with van der Waals surface area (Å²) in [5.41, 5.74) is -8.12. The van der Waals surface area contributed by atoms with Crippen molar-refractivity contribution in [3.63, 3.8) is 0 Å². The van der Waals surface area contributed by atoms with Crippen molar-refractivity contribution in [3.8, 4) is 5.75 Å². The van der Waals surface area contributed by atoms with Gasteiger partial charge in [-0.3, -0.25) is 14.4 Å². The number of aromatic hydroxyl groups is 1. The highest BCUT2D eigenvalue weighted by atomic mass is 16.5. The predicted octanol–water partition coefficient (Wildman–Crippen LogP) is -0.215. The second-order valence-corrected chi connectivity index (χ2v) is 10.2. The molecule has 3 aliphatic carbocycles. The topological polar surface area (TPSA) is 182 Å². The van der Waals surface area contributed by atoms with E-state index < -0.39 is 82.7 Å². The van der Waals surface area contributed by atoms with Gasteiger partial charge in [0.05, 0.1) is 35.0 Å². The maximum Gasteiger partial charge on any atom is 0.198 e. The molecule has 0 bridgehead atoms. The Hall–Kier alpha value is -2.73. The van der Waals surface area contributed by atoms with Gasteiger partial charge in [-0.1, -0.05) is 12.1 Å². The van der Waals surface area contributed by atoms with Gasteiger partial charge < -0.3 is 35.4 Å². The number of ketones is 3. The number of hydrogen-bond acceptors (Lipinski definition) is 10. The highest BCUT2D eigenvalue weighted by Crippen LogP contribution is 2.51. The van der Waals surface area contributed by atoms with Gasteiger partial charge in [0.15, 0.2) is 23.0 Å². The highest BCUT2D eigenvalue weighted by molar-refractivity contribution is 6.31. The van der Waals surface area contributed by atoms with Crippen molar-refractivity contribution in [2.24, 2.45) is 0 Å². The van der Waals surface area contributed by atoms with Gasteiger partial charge in [0.1, 0.15) is 17.5 Å². The summed E-state index contributed by atoms with van der Waals surface area (Å²) in [6.45, 7) is 2.88.